The van der Waals surface area contributed by atoms with Gasteiger partial charge in [-0.05, 0) is 29.0 Å². The molecule has 90 valence electrons. The van der Waals surface area contributed by atoms with Crippen molar-refractivity contribution in [3.05, 3.63) is 32.8 Å². The lowest BCUT2D eigenvalue weighted by Gasteiger charge is -2.11. The summed E-state index contributed by atoms with van der Waals surface area (Å²) in [6.45, 7) is 0.0381. The first-order valence-corrected chi connectivity index (χ1v) is 5.52. The molecule has 6 nitrogen and oxygen atoms in total. The first-order chi connectivity index (χ1) is 8.10. The molecule has 1 aromatic carbocycles. The van der Waals surface area contributed by atoms with Crippen LogP contribution in [0.15, 0.2) is 22.7 Å². The zero-order valence-corrected chi connectivity index (χ0v) is 10.6. The average Bonchev–Trinajstić information content (AvgIpc) is 2.31. The molecule has 0 aromatic heterocycles. The Morgan fingerprint density at radius 1 is 1.71 bits per heavy atom. The molecule has 0 amide bonds. The second-order valence-electron chi connectivity index (χ2n) is 3.13. The number of hydrogen-bond acceptors (Lipinski definition) is 5. The second-order valence-corrected chi connectivity index (χ2v) is 3.98. The molecule has 17 heavy (non-hydrogen) atoms. The summed E-state index contributed by atoms with van der Waals surface area (Å²) < 4.78 is 5.79. The molecule has 0 saturated carbocycles. The van der Waals surface area contributed by atoms with Gasteiger partial charge in [-0.2, -0.15) is 5.26 Å². The Kier molecular flexibility index (Phi) is 4.87. The summed E-state index contributed by atoms with van der Waals surface area (Å²) >= 11 is 3.18. The average molecular weight is 300 g/mol. The molecule has 0 radical (unpaired) electrons. The van der Waals surface area contributed by atoms with E-state index in [1.54, 1.807) is 19.2 Å². The third-order valence-electron chi connectivity index (χ3n) is 2.04. The zero-order valence-electron chi connectivity index (χ0n) is 9.01. The van der Waals surface area contributed by atoms with Crippen LogP contribution in [-0.4, -0.2) is 24.6 Å². The molecule has 0 aliphatic rings. The van der Waals surface area contributed by atoms with Crippen molar-refractivity contribution >= 4 is 21.6 Å². The number of nitrogens with one attached hydrogen (secondary N) is 1. The van der Waals surface area contributed by atoms with Crippen molar-refractivity contribution in [2.45, 2.75) is 6.04 Å². The number of ether oxygens (including phenoxy) is 1. The minimum absolute atomic E-state index is 0.0381. The minimum Gasteiger partial charge on any atom is -0.483 e. The normalized spacial score (nSPS) is 11.6. The maximum atomic E-state index is 10.8. The lowest BCUT2D eigenvalue weighted by Crippen LogP contribution is -2.30. The zero-order chi connectivity index (χ0) is 12.8. The van der Waals surface area contributed by atoms with Gasteiger partial charge in [0.25, 0.3) is 0 Å². The highest BCUT2D eigenvalue weighted by Gasteiger charge is 2.19. The second kappa shape index (κ2) is 6.18. The molecule has 0 aliphatic carbocycles. The predicted molar refractivity (Wildman–Crippen MR) is 64.8 cm³/mol. The lowest BCUT2D eigenvalue weighted by atomic mass is 10.3. The van der Waals surface area contributed by atoms with Crippen LogP contribution in [0.25, 0.3) is 0 Å². The molecule has 1 rings (SSSR count). The number of rotatable bonds is 5. The molecule has 1 N–H and O–H groups in total. The largest absolute Gasteiger partial charge is 0.483 e. The van der Waals surface area contributed by atoms with Crippen LogP contribution in [0.2, 0.25) is 0 Å². The van der Waals surface area contributed by atoms with Crippen LogP contribution in [0.4, 0.5) is 5.69 Å². The van der Waals surface area contributed by atoms with Crippen molar-refractivity contribution in [1.82, 2.24) is 5.32 Å². The van der Waals surface area contributed by atoms with Crippen molar-refractivity contribution in [3.63, 3.8) is 0 Å². The molecule has 0 saturated heterocycles. The Balaban J connectivity index is 2.90. The first-order valence-electron chi connectivity index (χ1n) is 4.72. The van der Waals surface area contributed by atoms with Gasteiger partial charge in [0.05, 0.1) is 15.5 Å². The van der Waals surface area contributed by atoms with Gasteiger partial charge in [0.2, 0.25) is 5.75 Å². The number of nitro groups is 1. The number of nitro benzene ring substituents is 1. The summed E-state index contributed by atoms with van der Waals surface area (Å²) in [6.07, 6.45) is 0. The van der Waals surface area contributed by atoms with Crippen LogP contribution in [0.3, 0.4) is 0 Å². The SMILES string of the molecule is CNC(C#N)COc1c(Br)cccc1[N+](=O)[O-]. The highest BCUT2D eigenvalue weighted by molar-refractivity contribution is 9.10. The standard InChI is InChI=1S/C10H10BrN3O3/c1-13-7(5-12)6-17-10-8(11)3-2-4-9(10)14(15)16/h2-4,7,13H,6H2,1H3. The molecular weight excluding hydrogens is 290 g/mol. The molecule has 1 atom stereocenters. The van der Waals surface area contributed by atoms with Crippen LogP contribution >= 0.6 is 15.9 Å². The molecule has 0 fully saturated rings. The van der Waals surface area contributed by atoms with E-state index in [2.05, 4.69) is 21.2 Å². The fourth-order valence-electron chi connectivity index (χ4n) is 1.14. The Bertz CT molecular complexity index is 459. The Morgan fingerprint density at radius 3 is 2.94 bits per heavy atom. The van der Waals surface area contributed by atoms with Crippen LogP contribution in [0.1, 0.15) is 0 Å². The van der Waals surface area contributed by atoms with Gasteiger partial charge < -0.3 is 10.1 Å². The van der Waals surface area contributed by atoms with E-state index in [-0.39, 0.29) is 18.0 Å². The Labute approximate surface area is 106 Å². The highest BCUT2D eigenvalue weighted by Crippen LogP contribution is 2.34. The van der Waals surface area contributed by atoms with Gasteiger partial charge in [0, 0.05) is 6.07 Å². The number of nitriles is 1. The van der Waals surface area contributed by atoms with Gasteiger partial charge in [0.15, 0.2) is 0 Å². The van der Waals surface area contributed by atoms with Crippen molar-refractivity contribution in [2.75, 3.05) is 13.7 Å². The fourth-order valence-corrected chi connectivity index (χ4v) is 1.61. The van der Waals surface area contributed by atoms with Gasteiger partial charge in [-0.15, -0.1) is 0 Å². The van der Waals surface area contributed by atoms with E-state index < -0.39 is 11.0 Å². The quantitative estimate of drug-likeness (QED) is 0.662. The summed E-state index contributed by atoms with van der Waals surface area (Å²) in [4.78, 5) is 10.3. The smallest absolute Gasteiger partial charge is 0.312 e. The fraction of sp³-hybridized carbons (Fsp3) is 0.300. The summed E-state index contributed by atoms with van der Waals surface area (Å²) in [5.41, 5.74) is -0.132. The number of halogens is 1. The summed E-state index contributed by atoms with van der Waals surface area (Å²) in [6, 6.07) is 6.00. The molecule has 1 aromatic rings. The topological polar surface area (TPSA) is 88.2 Å². The van der Waals surface area contributed by atoms with Gasteiger partial charge in [0.1, 0.15) is 12.6 Å². The number of likely N-dealkylation sites (N-methyl/N-ethyl adjacent to an activating group) is 1. The van der Waals surface area contributed by atoms with Gasteiger partial charge >= 0.3 is 5.69 Å². The van der Waals surface area contributed by atoms with E-state index in [1.165, 1.54) is 6.07 Å². The summed E-state index contributed by atoms with van der Waals surface area (Å²) in [7, 11) is 1.62. The third-order valence-corrected chi connectivity index (χ3v) is 2.67. The molecule has 0 heterocycles. The lowest BCUT2D eigenvalue weighted by molar-refractivity contribution is -0.386. The molecule has 0 aliphatic heterocycles. The van der Waals surface area contributed by atoms with E-state index in [1.807, 2.05) is 6.07 Å². The van der Waals surface area contributed by atoms with Gasteiger partial charge in [-0.25, -0.2) is 0 Å². The molecule has 1 unspecified atom stereocenters. The van der Waals surface area contributed by atoms with E-state index >= 15 is 0 Å². The van der Waals surface area contributed by atoms with Gasteiger partial charge in [-0.3, -0.25) is 10.1 Å². The van der Waals surface area contributed by atoms with Crippen molar-refractivity contribution in [3.8, 4) is 11.8 Å². The monoisotopic (exact) mass is 299 g/mol. The van der Waals surface area contributed by atoms with Crippen LogP contribution in [-0.2, 0) is 0 Å². The van der Waals surface area contributed by atoms with Gasteiger partial charge in [-0.1, -0.05) is 6.07 Å². The van der Waals surface area contributed by atoms with Crippen molar-refractivity contribution < 1.29 is 9.66 Å². The Hall–Kier alpha value is -1.65. The van der Waals surface area contributed by atoms with Crippen molar-refractivity contribution in [1.29, 1.82) is 5.26 Å². The van der Waals surface area contributed by atoms with Crippen LogP contribution in [0, 0.1) is 21.4 Å². The Morgan fingerprint density at radius 2 is 2.41 bits per heavy atom. The van der Waals surface area contributed by atoms with E-state index in [0.29, 0.717) is 4.47 Å². The number of nitrogens with zero attached hydrogens (tertiary/aromatic N) is 2. The van der Waals surface area contributed by atoms with Crippen molar-refractivity contribution in [2.24, 2.45) is 0 Å². The van der Waals surface area contributed by atoms with E-state index in [0.717, 1.165) is 0 Å². The van der Waals surface area contributed by atoms with E-state index in [4.69, 9.17) is 10.00 Å². The maximum absolute atomic E-state index is 10.8. The first kappa shape index (κ1) is 13.4. The minimum atomic E-state index is -0.527. The summed E-state index contributed by atoms with van der Waals surface area (Å²) in [5.74, 6) is 0.132. The number of para-hydroxylation sites is 1. The molecule has 7 heteroatoms. The number of hydrogen-bond donors (Lipinski definition) is 1. The number of benzene rings is 1. The molecule has 0 spiro atoms. The maximum Gasteiger partial charge on any atom is 0.312 e. The molecular formula is C10H10BrN3O3. The third kappa shape index (κ3) is 3.41. The van der Waals surface area contributed by atoms with Crippen LogP contribution < -0.4 is 10.1 Å². The predicted octanol–water partition coefficient (Wildman–Crippen LogP) is 1.85. The van der Waals surface area contributed by atoms with Crippen LogP contribution in [0.5, 0.6) is 5.75 Å². The summed E-state index contributed by atoms with van der Waals surface area (Å²) in [5, 5.41) is 22.2. The van der Waals surface area contributed by atoms with E-state index in [9.17, 15) is 10.1 Å². The highest BCUT2D eigenvalue weighted by atomic mass is 79.9. The molecule has 0 bridgehead atoms.